The van der Waals surface area contributed by atoms with Crippen LogP contribution >= 0.6 is 23.1 Å². The molecule has 3 aromatic heterocycles. The highest BCUT2D eigenvalue weighted by Gasteiger charge is 2.08. The van der Waals surface area contributed by atoms with Crippen LogP contribution < -0.4 is 11.0 Å². The number of nitrogens with one attached hydrogen (secondary N) is 1. The van der Waals surface area contributed by atoms with Crippen LogP contribution in [0.4, 0.5) is 10.8 Å². The molecular weight excluding hydrogens is 368 g/mol. The number of aryl methyl sites for hydroxylation is 2. The van der Waals surface area contributed by atoms with E-state index in [2.05, 4.69) is 26.7 Å². The van der Waals surface area contributed by atoms with Gasteiger partial charge < -0.3 is 5.32 Å². The lowest BCUT2D eigenvalue weighted by Crippen LogP contribution is -2.21. The molecule has 26 heavy (non-hydrogen) atoms. The molecule has 9 heteroatoms. The zero-order valence-corrected chi connectivity index (χ0v) is 15.6. The number of rotatable bonds is 6. The highest BCUT2D eigenvalue weighted by Crippen LogP contribution is 2.27. The van der Waals surface area contributed by atoms with Gasteiger partial charge in [0, 0.05) is 17.6 Å². The molecule has 0 saturated heterocycles. The molecule has 0 spiro atoms. The third-order valence-electron chi connectivity index (χ3n) is 3.69. The molecule has 4 aromatic rings. The maximum Gasteiger partial charge on any atom is 0.350 e. The van der Waals surface area contributed by atoms with Crippen LogP contribution in [0.5, 0.6) is 0 Å². The molecule has 0 aliphatic carbocycles. The van der Waals surface area contributed by atoms with Gasteiger partial charge in [-0.3, -0.25) is 4.40 Å². The smallest absolute Gasteiger partial charge is 0.330 e. The molecule has 3 heterocycles. The van der Waals surface area contributed by atoms with Crippen LogP contribution in [-0.2, 0) is 6.54 Å². The van der Waals surface area contributed by atoms with E-state index in [1.807, 2.05) is 43.3 Å². The lowest BCUT2D eigenvalue weighted by Gasteiger charge is -2.01. The van der Waals surface area contributed by atoms with Crippen LogP contribution in [0.15, 0.2) is 57.8 Å². The number of aromatic nitrogens is 5. The summed E-state index contributed by atoms with van der Waals surface area (Å²) in [5.41, 5.74) is 2.71. The second-order valence-electron chi connectivity index (χ2n) is 5.65. The Kier molecular flexibility index (Phi) is 4.72. The number of benzene rings is 1. The normalized spacial score (nSPS) is 11.1. The van der Waals surface area contributed by atoms with Gasteiger partial charge in [-0.25, -0.2) is 9.48 Å². The largest absolute Gasteiger partial charge is 0.350 e. The predicted molar refractivity (Wildman–Crippen MR) is 105 cm³/mol. The summed E-state index contributed by atoms with van der Waals surface area (Å²) in [5, 5.41) is 16.7. The molecule has 4 rings (SSSR count). The van der Waals surface area contributed by atoms with Crippen LogP contribution in [0, 0.1) is 6.92 Å². The van der Waals surface area contributed by atoms with Gasteiger partial charge in [-0.15, -0.1) is 15.3 Å². The van der Waals surface area contributed by atoms with Crippen molar-refractivity contribution in [1.82, 2.24) is 24.4 Å². The second kappa shape index (κ2) is 7.30. The summed E-state index contributed by atoms with van der Waals surface area (Å²) in [7, 11) is 0. The summed E-state index contributed by atoms with van der Waals surface area (Å²) in [5.74, 6) is 0.697. The van der Waals surface area contributed by atoms with Crippen molar-refractivity contribution in [3.05, 3.63) is 64.7 Å². The molecule has 0 saturated carbocycles. The Morgan fingerprint density at radius 3 is 2.96 bits per heavy atom. The van der Waals surface area contributed by atoms with Crippen LogP contribution in [0.1, 0.15) is 5.56 Å². The van der Waals surface area contributed by atoms with Crippen molar-refractivity contribution >= 4 is 39.6 Å². The van der Waals surface area contributed by atoms with Gasteiger partial charge in [0.1, 0.15) is 0 Å². The molecule has 0 amide bonds. The Hall–Kier alpha value is -2.65. The van der Waals surface area contributed by atoms with Crippen molar-refractivity contribution in [2.45, 2.75) is 17.8 Å². The highest BCUT2D eigenvalue weighted by molar-refractivity contribution is 8.01. The molecular formula is C17H16N6OS2. The van der Waals surface area contributed by atoms with Gasteiger partial charge in [0.25, 0.3) is 0 Å². The molecule has 0 aliphatic rings. The van der Waals surface area contributed by atoms with E-state index in [-0.39, 0.29) is 5.69 Å². The van der Waals surface area contributed by atoms with E-state index in [4.69, 9.17) is 0 Å². The van der Waals surface area contributed by atoms with E-state index in [1.165, 1.54) is 21.6 Å². The number of nitrogens with zero attached hydrogens (tertiary/aromatic N) is 5. The molecule has 0 radical (unpaired) electrons. The first kappa shape index (κ1) is 16.8. The number of hydrogen-bond donors (Lipinski definition) is 1. The number of hydrogen-bond acceptors (Lipinski definition) is 7. The van der Waals surface area contributed by atoms with Gasteiger partial charge in [0.05, 0.1) is 6.54 Å². The van der Waals surface area contributed by atoms with E-state index in [0.29, 0.717) is 17.9 Å². The Bertz CT molecular complexity index is 1100. The van der Waals surface area contributed by atoms with Gasteiger partial charge in [-0.1, -0.05) is 41.3 Å². The Morgan fingerprint density at radius 1 is 1.19 bits per heavy atom. The first-order chi connectivity index (χ1) is 12.7. The highest BCUT2D eigenvalue weighted by atomic mass is 32.2. The Morgan fingerprint density at radius 2 is 2.12 bits per heavy atom. The van der Waals surface area contributed by atoms with Gasteiger partial charge in [-0.05, 0) is 36.8 Å². The Balaban J connectivity index is 1.37. The summed E-state index contributed by atoms with van der Waals surface area (Å²) in [6.07, 6.45) is 1.72. The third kappa shape index (κ3) is 3.63. The lowest BCUT2D eigenvalue weighted by atomic mass is 10.2. The standard InChI is InChI=1S/C17H16N6OS2/c1-12-5-4-6-13(11-12)18-15-19-20-16(26-15)25-10-9-23-17(24)22-8-3-2-7-14(22)21-23/h2-8,11H,9-10H2,1H3,(H,18,19). The fourth-order valence-corrected chi connectivity index (χ4v) is 4.26. The molecule has 0 bridgehead atoms. The maximum atomic E-state index is 12.2. The molecule has 1 N–H and O–H groups in total. The topological polar surface area (TPSA) is 77.1 Å². The Labute approximate surface area is 157 Å². The quantitative estimate of drug-likeness (QED) is 0.515. The van der Waals surface area contributed by atoms with Gasteiger partial charge in [0.15, 0.2) is 9.99 Å². The van der Waals surface area contributed by atoms with Crippen molar-refractivity contribution in [2.75, 3.05) is 11.1 Å². The van der Waals surface area contributed by atoms with Crippen LogP contribution in [-0.4, -0.2) is 30.1 Å². The average molecular weight is 384 g/mol. The molecule has 132 valence electrons. The number of fused-ring (bicyclic) bond motifs is 1. The maximum absolute atomic E-state index is 12.2. The molecule has 7 nitrogen and oxygen atoms in total. The van der Waals surface area contributed by atoms with Crippen molar-refractivity contribution in [3.8, 4) is 0 Å². The van der Waals surface area contributed by atoms with E-state index in [0.717, 1.165) is 15.2 Å². The van der Waals surface area contributed by atoms with E-state index in [1.54, 1.807) is 22.4 Å². The van der Waals surface area contributed by atoms with Gasteiger partial charge in [-0.2, -0.15) is 0 Å². The fourth-order valence-electron chi connectivity index (χ4n) is 2.50. The number of anilines is 2. The van der Waals surface area contributed by atoms with Crippen molar-refractivity contribution in [3.63, 3.8) is 0 Å². The first-order valence-electron chi connectivity index (χ1n) is 8.03. The van der Waals surface area contributed by atoms with Gasteiger partial charge >= 0.3 is 5.69 Å². The number of pyridine rings is 1. The van der Waals surface area contributed by atoms with Crippen LogP contribution in [0.25, 0.3) is 5.65 Å². The zero-order chi connectivity index (χ0) is 17.9. The predicted octanol–water partition coefficient (Wildman–Crippen LogP) is 3.19. The number of thioether (sulfide) groups is 1. The third-order valence-corrected chi connectivity index (χ3v) is 5.65. The minimum absolute atomic E-state index is 0.125. The fraction of sp³-hybridized carbons (Fsp3) is 0.176. The monoisotopic (exact) mass is 384 g/mol. The molecule has 0 aliphatic heterocycles. The van der Waals surface area contributed by atoms with Crippen molar-refractivity contribution in [1.29, 1.82) is 0 Å². The lowest BCUT2D eigenvalue weighted by molar-refractivity contribution is 0.639. The summed E-state index contributed by atoms with van der Waals surface area (Å²) < 4.78 is 3.88. The van der Waals surface area contributed by atoms with Crippen molar-refractivity contribution < 1.29 is 0 Å². The molecule has 1 aromatic carbocycles. The van der Waals surface area contributed by atoms with E-state index >= 15 is 0 Å². The summed E-state index contributed by atoms with van der Waals surface area (Å²) in [4.78, 5) is 12.2. The van der Waals surface area contributed by atoms with Crippen LogP contribution in [0.2, 0.25) is 0 Å². The SMILES string of the molecule is Cc1cccc(Nc2nnc(SCCn3nc4ccccn4c3=O)s2)c1. The van der Waals surface area contributed by atoms with Gasteiger partial charge in [0.2, 0.25) is 5.13 Å². The summed E-state index contributed by atoms with van der Waals surface area (Å²) in [6.45, 7) is 2.57. The summed E-state index contributed by atoms with van der Waals surface area (Å²) >= 11 is 3.06. The van der Waals surface area contributed by atoms with E-state index < -0.39 is 0 Å². The molecule has 0 atom stereocenters. The van der Waals surface area contributed by atoms with Crippen LogP contribution in [0.3, 0.4) is 0 Å². The van der Waals surface area contributed by atoms with E-state index in [9.17, 15) is 4.79 Å². The summed E-state index contributed by atoms with van der Waals surface area (Å²) in [6, 6.07) is 13.6. The average Bonchev–Trinajstić information content (AvgIpc) is 3.20. The van der Waals surface area contributed by atoms with Crippen molar-refractivity contribution in [2.24, 2.45) is 0 Å². The minimum atomic E-state index is -0.125. The second-order valence-corrected chi connectivity index (χ2v) is 7.97. The molecule has 0 fully saturated rings. The zero-order valence-electron chi connectivity index (χ0n) is 14.0. The first-order valence-corrected chi connectivity index (χ1v) is 9.83. The molecule has 0 unspecified atom stereocenters. The minimum Gasteiger partial charge on any atom is -0.330 e.